The van der Waals surface area contributed by atoms with Crippen LogP contribution in [0.15, 0.2) is 73.2 Å². The first-order valence-electron chi connectivity index (χ1n) is 28.9. The zero-order chi connectivity index (χ0) is 61.0. The number of anilines is 2. The SMILES string of the molecule is COc1cnc(-n2cnc(C(=O)N[C@H]3C[C@@H](CO)N(c4cc(NCCOCCOCCOCCOCc5cn(CCOCCOCCOCCOCCC(C)=O)nn5)ncn4)C3)n2)c2[nH]cc(C(=O)C(=O)N3CCC(=C(C#N)c4ccccc4)CC3)c12. The lowest BCUT2D eigenvalue weighted by Crippen LogP contribution is -2.40. The van der Waals surface area contributed by atoms with Crippen LogP contribution in [0.3, 0.4) is 0 Å². The Bertz CT molecular complexity index is 3210. The number of rotatable bonds is 39. The number of ether oxygens (including phenoxy) is 9. The molecule has 6 aromatic rings. The first kappa shape index (κ1) is 64.8. The summed E-state index contributed by atoms with van der Waals surface area (Å²) in [5, 5.41) is 39.5. The molecule has 7 heterocycles. The number of aliphatic hydroxyl groups excluding tert-OH is 1. The molecule has 8 rings (SSSR count). The van der Waals surface area contributed by atoms with Crippen molar-refractivity contribution in [1.82, 2.24) is 59.9 Å². The Kier molecular flexibility index (Phi) is 25.9. The molecule has 4 N–H and O–H groups in total. The number of piperidine rings is 1. The molecule has 29 heteroatoms. The zero-order valence-electron chi connectivity index (χ0n) is 49.0. The number of hydrogen-bond donors (Lipinski definition) is 4. The number of fused-ring (bicyclic) bond motifs is 1. The molecule has 0 spiro atoms. The van der Waals surface area contributed by atoms with Gasteiger partial charge in [-0.2, -0.15) is 9.94 Å². The highest BCUT2D eigenvalue weighted by atomic mass is 16.6. The maximum Gasteiger partial charge on any atom is 0.295 e. The molecule has 466 valence electrons. The number of likely N-dealkylation sites (tertiary alicyclic amines) is 1. The van der Waals surface area contributed by atoms with Crippen molar-refractivity contribution in [1.29, 1.82) is 5.26 Å². The van der Waals surface area contributed by atoms with E-state index < -0.39 is 23.6 Å². The molecule has 0 bridgehead atoms. The fourth-order valence-electron chi connectivity index (χ4n) is 9.59. The number of carbonyl (C=O) groups is 4. The molecule has 2 aliphatic rings. The first-order chi connectivity index (χ1) is 42.6. The number of benzene rings is 1. The highest BCUT2D eigenvalue weighted by Gasteiger charge is 2.35. The third kappa shape index (κ3) is 19.4. The molecule has 2 saturated heterocycles. The monoisotopic (exact) mass is 1210 g/mol. The van der Waals surface area contributed by atoms with Gasteiger partial charge in [-0.1, -0.05) is 35.5 Å². The standard InChI is InChI=1S/C58H75N15O14/c1-41(75)10-15-80-18-21-83-24-25-85-23-20-82-17-14-71-35-45(67-69-71)38-87-29-28-86-27-26-84-22-19-81-16-11-60-50-31-51(64-39-63-50)72-36-44(30-46(72)37-74)66-57(77)55-65-40-73(68-55)56-53-52(49(79-2)34-62-56)48(33-61-53)54(76)58(78)70-12-8-43(9-13-70)47(32-59)42-6-4-3-5-7-42/h3-7,31,33-35,39-40,44,46,61,74H,8-30,36-38H2,1-2H3,(H,66,77)(H,60,63,64)/t44-,46-/m0/s1. The fraction of sp³-hybridized carbons (Fsp3) is 0.517. The summed E-state index contributed by atoms with van der Waals surface area (Å²) in [6.45, 7) is 9.96. The number of Topliss-reactive ketones (excluding diaryl/α,β-unsaturated/α-hetero) is 2. The van der Waals surface area contributed by atoms with Crippen molar-refractivity contribution in [3.63, 3.8) is 0 Å². The predicted octanol–water partition coefficient (Wildman–Crippen LogP) is 2.41. The Morgan fingerprint density at radius 3 is 2.15 bits per heavy atom. The summed E-state index contributed by atoms with van der Waals surface area (Å²) in [7, 11) is 1.43. The lowest BCUT2D eigenvalue weighted by molar-refractivity contribution is -0.126. The number of hydrogen-bond acceptors (Lipinski definition) is 24. The van der Waals surface area contributed by atoms with Crippen LogP contribution in [-0.2, 0) is 60.6 Å². The summed E-state index contributed by atoms with van der Waals surface area (Å²) in [6.07, 6.45) is 9.15. The van der Waals surface area contributed by atoms with Gasteiger partial charge in [0.15, 0.2) is 5.82 Å². The number of nitrogens with zero attached hydrogens (tertiary/aromatic N) is 12. The number of carbonyl (C=O) groups excluding carboxylic acids is 4. The molecule has 0 unspecified atom stereocenters. The number of allylic oxidation sites excluding steroid dienone is 1. The highest BCUT2D eigenvalue weighted by molar-refractivity contribution is 6.45. The molecule has 0 aliphatic carbocycles. The van der Waals surface area contributed by atoms with Gasteiger partial charge in [0, 0.05) is 50.9 Å². The van der Waals surface area contributed by atoms with Gasteiger partial charge in [0.2, 0.25) is 5.82 Å². The van der Waals surface area contributed by atoms with Gasteiger partial charge in [0.1, 0.15) is 41.5 Å². The van der Waals surface area contributed by atoms with E-state index in [-0.39, 0.29) is 54.5 Å². The number of nitriles is 1. The van der Waals surface area contributed by atoms with E-state index in [2.05, 4.69) is 57.0 Å². The van der Waals surface area contributed by atoms with E-state index in [0.717, 1.165) is 11.1 Å². The average Bonchev–Trinajstić information content (AvgIpc) is 2.04. The molecule has 87 heavy (non-hydrogen) atoms. The summed E-state index contributed by atoms with van der Waals surface area (Å²) in [6, 6.07) is 12.7. The molecule has 2 aliphatic heterocycles. The number of aromatic amines is 1. The number of H-pyrrole nitrogens is 1. The van der Waals surface area contributed by atoms with Crippen LogP contribution in [0.25, 0.3) is 22.3 Å². The molecule has 2 atom stereocenters. The molecular formula is C58H75N15O14. The van der Waals surface area contributed by atoms with E-state index in [9.17, 15) is 29.5 Å². The third-order valence-electron chi connectivity index (χ3n) is 14.0. The highest BCUT2D eigenvalue weighted by Crippen LogP contribution is 2.33. The predicted molar refractivity (Wildman–Crippen MR) is 312 cm³/mol. The topological polar surface area (TPSA) is 342 Å². The summed E-state index contributed by atoms with van der Waals surface area (Å²) >= 11 is 0. The summed E-state index contributed by atoms with van der Waals surface area (Å²) in [4.78, 5) is 76.1. The number of pyridine rings is 1. The van der Waals surface area contributed by atoms with E-state index in [1.807, 2.05) is 41.4 Å². The lowest BCUT2D eigenvalue weighted by atomic mass is 9.93. The van der Waals surface area contributed by atoms with Crippen molar-refractivity contribution >= 4 is 51.5 Å². The second-order valence-corrected chi connectivity index (χ2v) is 20.0. The van der Waals surface area contributed by atoms with Crippen molar-refractivity contribution in [2.24, 2.45) is 0 Å². The molecular weight excluding hydrogens is 1130 g/mol. The van der Waals surface area contributed by atoms with Gasteiger partial charge in [-0.25, -0.2) is 24.6 Å². The molecule has 5 aromatic heterocycles. The van der Waals surface area contributed by atoms with Gasteiger partial charge in [-0.05, 0) is 37.3 Å². The smallest absolute Gasteiger partial charge is 0.295 e. The molecule has 2 amide bonds. The zero-order valence-corrected chi connectivity index (χ0v) is 49.0. The molecule has 2 fully saturated rings. The second kappa shape index (κ2) is 34.8. The van der Waals surface area contributed by atoms with Crippen LogP contribution in [0.1, 0.15) is 64.8 Å². The van der Waals surface area contributed by atoms with Gasteiger partial charge < -0.3 is 73.2 Å². The molecule has 1 aromatic carbocycles. The molecule has 29 nitrogen and oxygen atoms in total. The van der Waals surface area contributed by atoms with Gasteiger partial charge in [-0.15, -0.1) is 10.2 Å². The normalized spacial score (nSPS) is 15.0. The third-order valence-corrected chi connectivity index (χ3v) is 14.0. The summed E-state index contributed by atoms with van der Waals surface area (Å²) < 4.78 is 53.0. The van der Waals surface area contributed by atoms with Gasteiger partial charge in [0.05, 0.1) is 173 Å². The van der Waals surface area contributed by atoms with E-state index in [0.29, 0.717) is 185 Å². The Labute approximate surface area is 502 Å². The number of aliphatic hydroxyl groups is 1. The van der Waals surface area contributed by atoms with Crippen molar-refractivity contribution in [2.75, 3.05) is 149 Å². The minimum absolute atomic E-state index is 0.0794. The number of aromatic nitrogens is 10. The summed E-state index contributed by atoms with van der Waals surface area (Å²) in [5.41, 5.74) is 3.46. The number of amides is 2. The number of nitrogens with one attached hydrogen (secondary N) is 3. The Balaban J connectivity index is 0.672. The van der Waals surface area contributed by atoms with Crippen LogP contribution in [0.5, 0.6) is 5.75 Å². The first-order valence-corrected chi connectivity index (χ1v) is 28.9. The Morgan fingerprint density at radius 1 is 0.816 bits per heavy atom. The van der Waals surface area contributed by atoms with Gasteiger partial charge in [-0.3, -0.25) is 19.2 Å². The van der Waals surface area contributed by atoms with Gasteiger partial charge >= 0.3 is 0 Å². The van der Waals surface area contributed by atoms with Crippen LogP contribution < -0.4 is 20.3 Å². The Hall–Kier alpha value is -8.18. The lowest BCUT2D eigenvalue weighted by Gasteiger charge is -2.28. The van der Waals surface area contributed by atoms with E-state index >= 15 is 0 Å². The van der Waals surface area contributed by atoms with Crippen LogP contribution in [0, 0.1) is 11.3 Å². The van der Waals surface area contributed by atoms with Crippen LogP contribution in [0.4, 0.5) is 11.6 Å². The number of methoxy groups -OCH3 is 1. The Morgan fingerprint density at radius 2 is 1.48 bits per heavy atom. The largest absolute Gasteiger partial charge is 0.494 e. The van der Waals surface area contributed by atoms with Gasteiger partial charge in [0.25, 0.3) is 17.6 Å². The number of ketones is 2. The van der Waals surface area contributed by atoms with E-state index in [1.165, 1.54) is 48.7 Å². The van der Waals surface area contributed by atoms with Crippen LogP contribution in [0.2, 0.25) is 0 Å². The van der Waals surface area contributed by atoms with Crippen LogP contribution >= 0.6 is 0 Å². The van der Waals surface area contributed by atoms with Crippen molar-refractivity contribution in [3.05, 3.63) is 95.9 Å². The maximum absolute atomic E-state index is 13.9. The summed E-state index contributed by atoms with van der Waals surface area (Å²) in [5.74, 6) is -0.448. The molecule has 0 saturated carbocycles. The maximum atomic E-state index is 13.9. The van der Waals surface area contributed by atoms with E-state index in [1.54, 1.807) is 10.7 Å². The minimum Gasteiger partial charge on any atom is -0.494 e. The molecule has 0 radical (unpaired) electrons. The van der Waals surface area contributed by atoms with Crippen molar-refractivity contribution < 1.29 is 66.9 Å². The average molecular weight is 1210 g/mol. The minimum atomic E-state index is -0.743. The fourth-order valence-corrected chi connectivity index (χ4v) is 9.59. The quantitative estimate of drug-likeness (QED) is 0.0186. The van der Waals surface area contributed by atoms with Crippen LogP contribution in [-0.4, -0.2) is 234 Å². The van der Waals surface area contributed by atoms with E-state index in [4.69, 9.17) is 42.6 Å². The van der Waals surface area contributed by atoms with Crippen molar-refractivity contribution in [2.45, 2.75) is 57.8 Å². The van der Waals surface area contributed by atoms with Crippen molar-refractivity contribution in [3.8, 4) is 17.6 Å². The second-order valence-electron chi connectivity index (χ2n) is 20.0.